The maximum absolute atomic E-state index is 13.2. The zero-order chi connectivity index (χ0) is 11.7. The summed E-state index contributed by atoms with van der Waals surface area (Å²) in [5.74, 6) is -0.299. The Kier molecular flexibility index (Phi) is 2.91. The van der Waals surface area contributed by atoms with E-state index in [9.17, 15) is 9.18 Å². The molecule has 2 heterocycles. The van der Waals surface area contributed by atoms with E-state index >= 15 is 0 Å². The molecule has 2 atom stereocenters. The quantitative estimate of drug-likeness (QED) is 0.824. The van der Waals surface area contributed by atoms with Crippen LogP contribution in [0.15, 0.2) is 12.4 Å². The van der Waals surface area contributed by atoms with E-state index in [1.807, 2.05) is 0 Å². The van der Waals surface area contributed by atoms with Crippen LogP contribution in [0, 0.1) is 0 Å². The minimum atomic E-state index is -1.09. The molecule has 1 aliphatic heterocycles. The van der Waals surface area contributed by atoms with E-state index in [-0.39, 0.29) is 18.9 Å². The van der Waals surface area contributed by atoms with Crippen molar-refractivity contribution in [1.82, 2.24) is 9.97 Å². The van der Waals surface area contributed by atoms with Crippen LogP contribution in [0.3, 0.4) is 0 Å². The number of primary amides is 1. The third-order valence-corrected chi connectivity index (χ3v) is 2.64. The Morgan fingerprint density at radius 3 is 2.75 bits per heavy atom. The number of rotatable bonds is 2. The average Bonchev–Trinajstić information content (AvgIpc) is 2.61. The second-order valence-electron chi connectivity index (χ2n) is 3.60. The molecule has 0 saturated carbocycles. The van der Waals surface area contributed by atoms with Crippen molar-refractivity contribution in [3.63, 3.8) is 0 Å². The summed E-state index contributed by atoms with van der Waals surface area (Å²) in [5.41, 5.74) is 5.19. The van der Waals surface area contributed by atoms with E-state index in [0.717, 1.165) is 0 Å². The first-order valence-electron chi connectivity index (χ1n) is 4.75. The maximum atomic E-state index is 13.2. The topological polar surface area (TPSA) is 72.1 Å². The van der Waals surface area contributed by atoms with Gasteiger partial charge in [0.15, 0.2) is 0 Å². The lowest BCUT2D eigenvalue weighted by atomic mass is 10.2. The molecule has 86 valence electrons. The fourth-order valence-electron chi connectivity index (χ4n) is 1.73. The van der Waals surface area contributed by atoms with E-state index in [1.54, 1.807) is 0 Å². The molecule has 1 aromatic heterocycles. The predicted octanol–water partition coefficient (Wildman–Crippen LogP) is 0.532. The molecule has 0 radical (unpaired) electrons. The van der Waals surface area contributed by atoms with Crippen molar-refractivity contribution in [3.8, 4) is 0 Å². The lowest BCUT2D eigenvalue weighted by Crippen LogP contribution is -2.41. The van der Waals surface area contributed by atoms with Crippen molar-refractivity contribution >= 4 is 23.5 Å². The highest BCUT2D eigenvalue weighted by Crippen LogP contribution is 2.24. The Balaban J connectivity index is 2.25. The van der Waals surface area contributed by atoms with Crippen LogP contribution in [0.4, 0.5) is 10.3 Å². The number of nitrogens with zero attached hydrogens (tertiary/aromatic N) is 3. The van der Waals surface area contributed by atoms with Crippen LogP contribution in [0.5, 0.6) is 0 Å². The van der Waals surface area contributed by atoms with E-state index < -0.39 is 18.1 Å². The number of carbonyl (C=O) groups excluding carboxylic acids is 1. The number of halogens is 2. The van der Waals surface area contributed by atoms with Crippen LogP contribution in [-0.4, -0.2) is 34.6 Å². The molecule has 1 fully saturated rings. The second kappa shape index (κ2) is 4.21. The SMILES string of the molecule is NC(=O)[C@@H]1C[C@@H](F)CN1c1ncc(Cl)cn1. The number of alkyl halides is 1. The lowest BCUT2D eigenvalue weighted by Gasteiger charge is -2.21. The molecular formula is C9H10ClFN4O. The minimum Gasteiger partial charge on any atom is -0.368 e. The van der Waals surface area contributed by atoms with E-state index in [4.69, 9.17) is 17.3 Å². The van der Waals surface area contributed by atoms with Gasteiger partial charge < -0.3 is 10.6 Å². The highest BCUT2D eigenvalue weighted by Gasteiger charge is 2.37. The Bertz CT molecular complexity index is 399. The summed E-state index contributed by atoms with van der Waals surface area (Å²) in [7, 11) is 0. The Morgan fingerprint density at radius 2 is 2.19 bits per heavy atom. The van der Waals surface area contributed by atoms with Crippen molar-refractivity contribution in [1.29, 1.82) is 0 Å². The number of hydrogen-bond donors (Lipinski definition) is 1. The van der Waals surface area contributed by atoms with Crippen LogP contribution in [-0.2, 0) is 4.79 Å². The summed E-state index contributed by atoms with van der Waals surface area (Å²) in [6, 6.07) is -0.684. The normalized spacial score (nSPS) is 24.8. The molecule has 5 nitrogen and oxygen atoms in total. The summed E-state index contributed by atoms with van der Waals surface area (Å²) in [5, 5.41) is 0.385. The molecule has 1 amide bonds. The van der Waals surface area contributed by atoms with E-state index in [1.165, 1.54) is 17.3 Å². The molecule has 1 saturated heterocycles. The molecule has 7 heteroatoms. The van der Waals surface area contributed by atoms with Gasteiger partial charge in [-0.15, -0.1) is 0 Å². The van der Waals surface area contributed by atoms with E-state index in [0.29, 0.717) is 5.02 Å². The van der Waals surface area contributed by atoms with Crippen LogP contribution >= 0.6 is 11.6 Å². The summed E-state index contributed by atoms with van der Waals surface area (Å²) in [4.78, 5) is 20.5. The second-order valence-corrected chi connectivity index (χ2v) is 4.04. The number of anilines is 1. The van der Waals surface area contributed by atoms with Gasteiger partial charge in [0.1, 0.15) is 12.2 Å². The van der Waals surface area contributed by atoms with E-state index in [2.05, 4.69) is 9.97 Å². The third kappa shape index (κ3) is 2.06. The molecule has 16 heavy (non-hydrogen) atoms. The fraction of sp³-hybridized carbons (Fsp3) is 0.444. The van der Waals surface area contributed by atoms with Crippen molar-refractivity contribution in [2.24, 2.45) is 5.73 Å². The highest BCUT2D eigenvalue weighted by atomic mass is 35.5. The Labute approximate surface area is 96.4 Å². The smallest absolute Gasteiger partial charge is 0.240 e. The molecule has 0 unspecified atom stereocenters. The zero-order valence-corrected chi connectivity index (χ0v) is 9.06. The first-order chi connectivity index (χ1) is 7.58. The third-order valence-electron chi connectivity index (χ3n) is 2.44. The predicted molar refractivity (Wildman–Crippen MR) is 56.9 cm³/mol. The van der Waals surface area contributed by atoms with Gasteiger partial charge in [0, 0.05) is 6.42 Å². The Morgan fingerprint density at radius 1 is 1.56 bits per heavy atom. The standard InChI is InChI=1S/C9H10ClFN4O/c10-5-2-13-9(14-3-5)15-4-6(11)1-7(15)8(12)16/h2-3,6-7H,1,4H2,(H2,12,16)/t6-,7+/m1/s1. The molecule has 0 aromatic carbocycles. The van der Waals surface area contributed by atoms with Gasteiger partial charge in [-0.1, -0.05) is 11.6 Å². The molecule has 0 spiro atoms. The molecular weight excluding hydrogens is 235 g/mol. The first-order valence-corrected chi connectivity index (χ1v) is 5.13. The number of carbonyl (C=O) groups is 1. The highest BCUT2D eigenvalue weighted by molar-refractivity contribution is 6.30. The number of nitrogens with two attached hydrogens (primary N) is 1. The van der Waals surface area contributed by atoms with Gasteiger partial charge in [-0.05, 0) is 0 Å². The molecule has 2 rings (SSSR count). The zero-order valence-electron chi connectivity index (χ0n) is 8.31. The number of aromatic nitrogens is 2. The molecule has 1 aliphatic rings. The van der Waals surface area contributed by atoms with Gasteiger partial charge in [-0.3, -0.25) is 4.79 Å². The largest absolute Gasteiger partial charge is 0.368 e. The Hall–Kier alpha value is -1.43. The van der Waals surface area contributed by atoms with Gasteiger partial charge in [0.2, 0.25) is 11.9 Å². The van der Waals surface area contributed by atoms with Gasteiger partial charge in [0.25, 0.3) is 0 Å². The molecule has 0 bridgehead atoms. The van der Waals surface area contributed by atoms with Crippen molar-refractivity contribution < 1.29 is 9.18 Å². The summed E-state index contributed by atoms with van der Waals surface area (Å²) in [6.07, 6.45) is 1.79. The van der Waals surface area contributed by atoms with Crippen LogP contribution in [0.25, 0.3) is 0 Å². The van der Waals surface area contributed by atoms with Gasteiger partial charge in [0.05, 0.1) is 24.0 Å². The van der Waals surface area contributed by atoms with Crippen molar-refractivity contribution in [2.75, 3.05) is 11.4 Å². The molecule has 2 N–H and O–H groups in total. The summed E-state index contributed by atoms with van der Waals surface area (Å²) < 4.78 is 13.2. The fourth-order valence-corrected chi connectivity index (χ4v) is 1.83. The van der Waals surface area contributed by atoms with Gasteiger partial charge >= 0.3 is 0 Å². The van der Waals surface area contributed by atoms with Crippen LogP contribution in [0.2, 0.25) is 5.02 Å². The molecule has 0 aliphatic carbocycles. The number of hydrogen-bond acceptors (Lipinski definition) is 4. The average molecular weight is 245 g/mol. The van der Waals surface area contributed by atoms with Gasteiger partial charge in [-0.2, -0.15) is 0 Å². The first kappa shape index (κ1) is 11.1. The van der Waals surface area contributed by atoms with Gasteiger partial charge in [-0.25, -0.2) is 14.4 Å². The summed E-state index contributed by atoms with van der Waals surface area (Å²) >= 11 is 5.64. The van der Waals surface area contributed by atoms with Crippen molar-refractivity contribution in [3.05, 3.63) is 17.4 Å². The van der Waals surface area contributed by atoms with Crippen molar-refractivity contribution in [2.45, 2.75) is 18.6 Å². The maximum Gasteiger partial charge on any atom is 0.240 e. The lowest BCUT2D eigenvalue weighted by molar-refractivity contribution is -0.119. The van der Waals surface area contributed by atoms with Crippen LogP contribution < -0.4 is 10.6 Å². The minimum absolute atomic E-state index is 0.0786. The summed E-state index contributed by atoms with van der Waals surface area (Å²) in [6.45, 7) is 0.0786. The van der Waals surface area contributed by atoms with Crippen LogP contribution in [0.1, 0.15) is 6.42 Å². The molecule has 1 aromatic rings. The monoisotopic (exact) mass is 244 g/mol. The number of amides is 1.